The Morgan fingerprint density at radius 1 is 1.39 bits per heavy atom. The predicted molar refractivity (Wildman–Crippen MR) is 67.6 cm³/mol. The third kappa shape index (κ3) is 2.09. The number of hydrogen-bond acceptors (Lipinski definition) is 3. The second-order valence-electron chi connectivity index (χ2n) is 4.78. The number of benzene rings is 1. The van der Waals surface area contributed by atoms with E-state index in [1.54, 1.807) is 24.4 Å². The van der Waals surface area contributed by atoms with Gasteiger partial charge in [-0.15, -0.1) is 0 Å². The highest BCUT2D eigenvalue weighted by molar-refractivity contribution is 5.82. The number of aromatic nitrogens is 1. The molecule has 3 rings (SSSR count). The molecule has 1 N–H and O–H groups in total. The van der Waals surface area contributed by atoms with Crippen molar-refractivity contribution in [1.82, 2.24) is 9.88 Å². The summed E-state index contributed by atoms with van der Waals surface area (Å²) in [5.41, 5.74) is 1.74. The first kappa shape index (κ1) is 11.6. The van der Waals surface area contributed by atoms with Gasteiger partial charge in [0, 0.05) is 31.2 Å². The molecular formula is C14H15FN2O. The van der Waals surface area contributed by atoms with Gasteiger partial charge in [0.1, 0.15) is 5.82 Å². The molecular weight excluding hydrogens is 231 g/mol. The molecule has 1 aromatic heterocycles. The lowest BCUT2D eigenvalue weighted by Crippen LogP contribution is -2.21. The summed E-state index contributed by atoms with van der Waals surface area (Å²) in [6, 6.07) is 6.77. The molecule has 0 radical (unpaired) electrons. The Bertz CT molecular complexity index is 573. The van der Waals surface area contributed by atoms with Gasteiger partial charge in [-0.05, 0) is 30.2 Å². The van der Waals surface area contributed by atoms with E-state index in [0.29, 0.717) is 18.5 Å². The van der Waals surface area contributed by atoms with Crippen LogP contribution < -0.4 is 0 Å². The molecule has 1 atom stereocenters. The van der Waals surface area contributed by atoms with Gasteiger partial charge in [0.05, 0.1) is 11.6 Å². The first-order chi connectivity index (χ1) is 8.74. The first-order valence-corrected chi connectivity index (χ1v) is 6.16. The van der Waals surface area contributed by atoms with Crippen LogP contribution in [0.15, 0.2) is 30.5 Å². The maximum Gasteiger partial charge on any atom is 0.132 e. The SMILES string of the molecule is O[C@@H]1CCN(Cc2ccc(F)c3cccnc23)C1. The number of fused-ring (bicyclic) bond motifs is 1. The zero-order valence-corrected chi connectivity index (χ0v) is 10.0. The highest BCUT2D eigenvalue weighted by atomic mass is 19.1. The van der Waals surface area contributed by atoms with Crippen LogP contribution in [0.25, 0.3) is 10.9 Å². The van der Waals surface area contributed by atoms with E-state index < -0.39 is 0 Å². The molecule has 1 aromatic carbocycles. The summed E-state index contributed by atoms with van der Waals surface area (Å²) in [5.74, 6) is -0.233. The summed E-state index contributed by atoms with van der Waals surface area (Å²) >= 11 is 0. The van der Waals surface area contributed by atoms with Crippen molar-refractivity contribution in [3.63, 3.8) is 0 Å². The van der Waals surface area contributed by atoms with Crippen LogP contribution in [0.2, 0.25) is 0 Å². The fourth-order valence-electron chi connectivity index (χ4n) is 2.52. The average molecular weight is 246 g/mol. The smallest absolute Gasteiger partial charge is 0.132 e. The Morgan fingerprint density at radius 2 is 2.28 bits per heavy atom. The molecule has 1 aliphatic rings. The number of rotatable bonds is 2. The van der Waals surface area contributed by atoms with E-state index in [1.807, 2.05) is 0 Å². The Balaban J connectivity index is 1.95. The van der Waals surface area contributed by atoms with Gasteiger partial charge >= 0.3 is 0 Å². The number of nitrogens with zero attached hydrogens (tertiary/aromatic N) is 2. The number of pyridine rings is 1. The summed E-state index contributed by atoms with van der Waals surface area (Å²) in [4.78, 5) is 6.45. The molecule has 2 aromatic rings. The van der Waals surface area contributed by atoms with Crippen LogP contribution in [0, 0.1) is 5.82 Å². The highest BCUT2D eigenvalue weighted by Crippen LogP contribution is 2.22. The summed E-state index contributed by atoms with van der Waals surface area (Å²) in [6.07, 6.45) is 2.26. The maximum absolute atomic E-state index is 13.6. The van der Waals surface area contributed by atoms with Crippen LogP contribution in [0.3, 0.4) is 0 Å². The number of hydrogen-bond donors (Lipinski definition) is 1. The molecule has 2 heterocycles. The van der Waals surface area contributed by atoms with Crippen molar-refractivity contribution in [3.8, 4) is 0 Å². The molecule has 1 saturated heterocycles. The van der Waals surface area contributed by atoms with Gasteiger partial charge in [-0.2, -0.15) is 0 Å². The van der Waals surface area contributed by atoms with Crippen molar-refractivity contribution in [2.75, 3.05) is 13.1 Å². The van der Waals surface area contributed by atoms with Gasteiger partial charge in [-0.1, -0.05) is 6.07 Å². The van der Waals surface area contributed by atoms with Crippen molar-refractivity contribution in [1.29, 1.82) is 0 Å². The van der Waals surface area contributed by atoms with E-state index in [2.05, 4.69) is 9.88 Å². The molecule has 3 nitrogen and oxygen atoms in total. The number of halogens is 1. The first-order valence-electron chi connectivity index (χ1n) is 6.16. The molecule has 0 saturated carbocycles. The van der Waals surface area contributed by atoms with Crippen LogP contribution in [0.5, 0.6) is 0 Å². The molecule has 18 heavy (non-hydrogen) atoms. The molecule has 94 valence electrons. The molecule has 1 fully saturated rings. The van der Waals surface area contributed by atoms with E-state index in [1.165, 1.54) is 6.07 Å². The van der Waals surface area contributed by atoms with E-state index in [0.717, 1.165) is 24.0 Å². The Hall–Kier alpha value is -1.52. The molecule has 0 aliphatic carbocycles. The van der Waals surface area contributed by atoms with Crippen LogP contribution in [0.1, 0.15) is 12.0 Å². The van der Waals surface area contributed by atoms with Crippen molar-refractivity contribution >= 4 is 10.9 Å². The van der Waals surface area contributed by atoms with E-state index >= 15 is 0 Å². The summed E-state index contributed by atoms with van der Waals surface area (Å²) in [5, 5.41) is 10.1. The van der Waals surface area contributed by atoms with Crippen LogP contribution in [0.4, 0.5) is 4.39 Å². The molecule has 0 bridgehead atoms. The Labute approximate surface area is 105 Å². The number of aliphatic hydroxyl groups excluding tert-OH is 1. The van der Waals surface area contributed by atoms with Gasteiger partial charge in [-0.3, -0.25) is 9.88 Å². The normalized spacial score (nSPS) is 20.7. The lowest BCUT2D eigenvalue weighted by atomic mass is 10.1. The quantitative estimate of drug-likeness (QED) is 0.879. The summed E-state index contributed by atoms with van der Waals surface area (Å²) in [7, 11) is 0. The number of aliphatic hydroxyl groups is 1. The predicted octanol–water partition coefficient (Wildman–Crippen LogP) is 1.94. The minimum atomic E-state index is -0.233. The van der Waals surface area contributed by atoms with Crippen molar-refractivity contribution in [3.05, 3.63) is 41.8 Å². The highest BCUT2D eigenvalue weighted by Gasteiger charge is 2.21. The largest absolute Gasteiger partial charge is 0.392 e. The molecule has 4 heteroatoms. The zero-order chi connectivity index (χ0) is 12.5. The molecule has 0 amide bonds. The van der Waals surface area contributed by atoms with Gasteiger partial charge < -0.3 is 5.11 Å². The third-order valence-corrected chi connectivity index (χ3v) is 3.44. The van der Waals surface area contributed by atoms with Crippen LogP contribution in [-0.4, -0.2) is 34.2 Å². The lowest BCUT2D eigenvalue weighted by Gasteiger charge is -2.16. The van der Waals surface area contributed by atoms with E-state index in [4.69, 9.17) is 0 Å². The van der Waals surface area contributed by atoms with Crippen molar-refractivity contribution in [2.24, 2.45) is 0 Å². The Kier molecular flexibility index (Phi) is 2.97. The molecule has 0 spiro atoms. The summed E-state index contributed by atoms with van der Waals surface area (Å²) < 4.78 is 13.6. The molecule has 1 aliphatic heterocycles. The fourth-order valence-corrected chi connectivity index (χ4v) is 2.52. The van der Waals surface area contributed by atoms with Crippen LogP contribution in [-0.2, 0) is 6.54 Å². The monoisotopic (exact) mass is 246 g/mol. The second-order valence-corrected chi connectivity index (χ2v) is 4.78. The third-order valence-electron chi connectivity index (χ3n) is 3.44. The lowest BCUT2D eigenvalue weighted by molar-refractivity contribution is 0.175. The average Bonchev–Trinajstić information content (AvgIpc) is 2.79. The van der Waals surface area contributed by atoms with Crippen molar-refractivity contribution in [2.45, 2.75) is 19.1 Å². The van der Waals surface area contributed by atoms with E-state index in [-0.39, 0.29) is 11.9 Å². The van der Waals surface area contributed by atoms with Gasteiger partial charge in [-0.25, -0.2) is 4.39 Å². The van der Waals surface area contributed by atoms with Gasteiger partial charge in [0.15, 0.2) is 0 Å². The van der Waals surface area contributed by atoms with Gasteiger partial charge in [0.25, 0.3) is 0 Å². The minimum Gasteiger partial charge on any atom is -0.392 e. The van der Waals surface area contributed by atoms with Crippen molar-refractivity contribution < 1.29 is 9.50 Å². The molecule has 0 unspecified atom stereocenters. The topological polar surface area (TPSA) is 36.4 Å². The standard InChI is InChI=1S/C14H15FN2O/c15-13-4-3-10(8-17-7-5-11(18)9-17)14-12(13)2-1-6-16-14/h1-4,6,11,18H,5,7-9H2/t11-/m1/s1. The maximum atomic E-state index is 13.6. The van der Waals surface area contributed by atoms with E-state index in [9.17, 15) is 9.50 Å². The number of likely N-dealkylation sites (tertiary alicyclic amines) is 1. The van der Waals surface area contributed by atoms with Crippen LogP contribution >= 0.6 is 0 Å². The van der Waals surface area contributed by atoms with Gasteiger partial charge in [0.2, 0.25) is 0 Å². The second kappa shape index (κ2) is 4.63. The minimum absolute atomic E-state index is 0.232. The Morgan fingerprint density at radius 3 is 3.06 bits per heavy atom. The zero-order valence-electron chi connectivity index (χ0n) is 10.0. The fraction of sp³-hybridized carbons (Fsp3) is 0.357. The number of β-amino-alcohol motifs (C(OH)–C–C–N with tert-alkyl or cyclic N) is 1. The summed E-state index contributed by atoms with van der Waals surface area (Å²) in [6.45, 7) is 2.28.